The summed E-state index contributed by atoms with van der Waals surface area (Å²) in [5.74, 6) is -1.08. The molecule has 35 heavy (non-hydrogen) atoms. The first-order chi connectivity index (χ1) is 16.6. The van der Waals surface area contributed by atoms with E-state index in [0.29, 0.717) is 38.8 Å². The maximum absolute atomic E-state index is 13.3. The van der Waals surface area contributed by atoms with Gasteiger partial charge in [-0.3, -0.25) is 19.4 Å². The number of nitrogens with zero attached hydrogens (tertiary/aromatic N) is 1. The quantitative estimate of drug-likeness (QED) is 0.137. The molecule has 0 aliphatic carbocycles. The van der Waals surface area contributed by atoms with Crippen LogP contribution in [0.2, 0.25) is 0 Å². The van der Waals surface area contributed by atoms with Crippen molar-refractivity contribution in [2.45, 2.75) is 84.2 Å². The van der Waals surface area contributed by atoms with Gasteiger partial charge in [-0.15, -0.1) is 0 Å². The molecule has 0 radical (unpaired) electrons. The number of unbranched alkanes of at least 4 members (excludes halogenated alkanes) is 1. The monoisotopic (exact) mass is 488 g/mol. The molecular weight excluding hydrogens is 444 g/mol. The van der Waals surface area contributed by atoms with Crippen LogP contribution in [0.3, 0.4) is 0 Å². The molecular formula is C26H44N6O3. The van der Waals surface area contributed by atoms with Gasteiger partial charge in [0.15, 0.2) is 5.96 Å². The number of carbonyl (C=O) groups excluding carboxylic acids is 3. The highest BCUT2D eigenvalue weighted by atomic mass is 16.2. The molecule has 0 aliphatic heterocycles. The normalized spacial score (nSPS) is 12.0. The highest BCUT2D eigenvalue weighted by Gasteiger charge is 2.38. The standard InChI is InChI=1S/C26H44N6O3/c1-5-26(6-2,32-22(33)19(3)4)24(35)31-21(16-12-18-30-25(27)28)23(34)29-17-11-10-15-20-13-8-7-9-14-20/h7-9,13-14,19,21H,5-6,10-12,15-18H2,1-4H3,(H,29,34)(H,31,35)(H,32,33)(H4,27,28,30)/t21-/m0/s1. The predicted molar refractivity (Wildman–Crippen MR) is 141 cm³/mol. The molecule has 9 heteroatoms. The molecule has 1 atom stereocenters. The van der Waals surface area contributed by atoms with Gasteiger partial charge < -0.3 is 27.4 Å². The maximum Gasteiger partial charge on any atom is 0.246 e. The van der Waals surface area contributed by atoms with E-state index in [4.69, 9.17) is 11.5 Å². The van der Waals surface area contributed by atoms with Crippen molar-refractivity contribution in [3.05, 3.63) is 35.9 Å². The van der Waals surface area contributed by atoms with Gasteiger partial charge in [0.2, 0.25) is 17.7 Å². The Morgan fingerprint density at radius 1 is 0.971 bits per heavy atom. The van der Waals surface area contributed by atoms with Crippen LogP contribution in [-0.2, 0) is 20.8 Å². The molecule has 0 spiro atoms. The second-order valence-electron chi connectivity index (χ2n) is 9.14. The number of rotatable bonds is 16. The van der Waals surface area contributed by atoms with Gasteiger partial charge in [-0.1, -0.05) is 58.0 Å². The molecule has 0 saturated heterocycles. The summed E-state index contributed by atoms with van der Waals surface area (Å²) in [6.07, 6.45) is 4.44. The Morgan fingerprint density at radius 3 is 2.20 bits per heavy atom. The van der Waals surface area contributed by atoms with Crippen molar-refractivity contribution in [2.75, 3.05) is 13.1 Å². The Kier molecular flexibility index (Phi) is 13.5. The smallest absolute Gasteiger partial charge is 0.246 e. The van der Waals surface area contributed by atoms with Crippen LogP contribution in [0.5, 0.6) is 0 Å². The van der Waals surface area contributed by atoms with E-state index in [-0.39, 0.29) is 29.6 Å². The molecule has 0 saturated carbocycles. The molecule has 1 aromatic carbocycles. The lowest BCUT2D eigenvalue weighted by Gasteiger charge is -2.33. The van der Waals surface area contributed by atoms with Gasteiger partial charge >= 0.3 is 0 Å². The van der Waals surface area contributed by atoms with Crippen LogP contribution in [-0.4, -0.2) is 48.4 Å². The fourth-order valence-corrected chi connectivity index (χ4v) is 3.69. The number of nitrogens with one attached hydrogen (secondary N) is 3. The van der Waals surface area contributed by atoms with Crippen LogP contribution < -0.4 is 27.4 Å². The Balaban J connectivity index is 2.77. The number of guanidine groups is 1. The summed E-state index contributed by atoms with van der Waals surface area (Å²) in [4.78, 5) is 42.6. The van der Waals surface area contributed by atoms with E-state index >= 15 is 0 Å². The minimum absolute atomic E-state index is 0.0131. The SMILES string of the molecule is CCC(CC)(NC(=O)C(C)C)C(=O)N[C@@H](CCCN=C(N)N)C(=O)NCCCCc1ccccc1. The Hall–Kier alpha value is -3.10. The summed E-state index contributed by atoms with van der Waals surface area (Å²) in [6, 6.07) is 9.45. The lowest BCUT2D eigenvalue weighted by atomic mass is 9.90. The van der Waals surface area contributed by atoms with Crippen LogP contribution in [0.25, 0.3) is 0 Å². The van der Waals surface area contributed by atoms with Crippen LogP contribution in [0.15, 0.2) is 35.3 Å². The fourth-order valence-electron chi connectivity index (χ4n) is 3.69. The molecule has 3 amide bonds. The second-order valence-corrected chi connectivity index (χ2v) is 9.14. The fraction of sp³-hybridized carbons (Fsp3) is 0.615. The largest absolute Gasteiger partial charge is 0.370 e. The maximum atomic E-state index is 13.3. The van der Waals surface area contributed by atoms with E-state index in [0.717, 1.165) is 19.3 Å². The van der Waals surface area contributed by atoms with Crippen molar-refractivity contribution in [1.29, 1.82) is 0 Å². The average Bonchev–Trinajstić information content (AvgIpc) is 2.84. The number of amides is 3. The van der Waals surface area contributed by atoms with E-state index in [1.807, 2.05) is 32.0 Å². The molecule has 9 nitrogen and oxygen atoms in total. The molecule has 7 N–H and O–H groups in total. The molecule has 196 valence electrons. The Labute approximate surface area is 209 Å². The number of hydrogen-bond acceptors (Lipinski definition) is 4. The van der Waals surface area contributed by atoms with E-state index in [9.17, 15) is 14.4 Å². The molecule has 1 rings (SSSR count). The Bertz CT molecular complexity index is 818. The number of aryl methyl sites for hydroxylation is 1. The third-order valence-corrected chi connectivity index (χ3v) is 6.13. The van der Waals surface area contributed by atoms with Crippen LogP contribution in [0, 0.1) is 5.92 Å². The third kappa shape index (κ3) is 10.8. The minimum Gasteiger partial charge on any atom is -0.370 e. The number of nitrogens with two attached hydrogens (primary N) is 2. The zero-order valence-corrected chi connectivity index (χ0v) is 21.7. The van der Waals surface area contributed by atoms with Gasteiger partial charge in [-0.25, -0.2) is 0 Å². The Morgan fingerprint density at radius 2 is 1.63 bits per heavy atom. The molecule has 0 bridgehead atoms. The number of benzene rings is 1. The lowest BCUT2D eigenvalue weighted by molar-refractivity contribution is -0.137. The number of aliphatic imine (C=N–C) groups is 1. The van der Waals surface area contributed by atoms with Crippen LogP contribution in [0.4, 0.5) is 0 Å². The van der Waals surface area contributed by atoms with Crippen molar-refractivity contribution in [3.8, 4) is 0 Å². The summed E-state index contributed by atoms with van der Waals surface area (Å²) in [5, 5.41) is 8.72. The zero-order chi connectivity index (χ0) is 26.3. The van der Waals surface area contributed by atoms with E-state index < -0.39 is 11.6 Å². The number of hydrogen-bond donors (Lipinski definition) is 5. The molecule has 0 heterocycles. The molecule has 0 aliphatic rings. The third-order valence-electron chi connectivity index (χ3n) is 6.13. The summed E-state index contributed by atoms with van der Waals surface area (Å²) < 4.78 is 0. The topological polar surface area (TPSA) is 152 Å². The minimum atomic E-state index is -1.07. The van der Waals surface area contributed by atoms with Crippen molar-refractivity contribution in [2.24, 2.45) is 22.4 Å². The number of carbonyl (C=O) groups is 3. The highest BCUT2D eigenvalue weighted by Crippen LogP contribution is 2.17. The molecule has 1 aromatic rings. The molecule has 0 aromatic heterocycles. The van der Waals surface area contributed by atoms with Gasteiger partial charge in [0, 0.05) is 19.0 Å². The van der Waals surface area contributed by atoms with E-state index in [1.54, 1.807) is 13.8 Å². The van der Waals surface area contributed by atoms with Crippen molar-refractivity contribution < 1.29 is 14.4 Å². The van der Waals surface area contributed by atoms with Gasteiger partial charge in [0.05, 0.1) is 0 Å². The summed E-state index contributed by atoms with van der Waals surface area (Å²) in [5.41, 5.74) is 11.0. The van der Waals surface area contributed by atoms with Crippen molar-refractivity contribution in [1.82, 2.24) is 16.0 Å². The predicted octanol–water partition coefficient (Wildman–Crippen LogP) is 1.99. The van der Waals surface area contributed by atoms with Gasteiger partial charge in [-0.2, -0.15) is 0 Å². The zero-order valence-electron chi connectivity index (χ0n) is 21.7. The lowest BCUT2D eigenvalue weighted by Crippen LogP contribution is -2.62. The first-order valence-electron chi connectivity index (χ1n) is 12.6. The molecule has 0 fully saturated rings. The highest BCUT2D eigenvalue weighted by molar-refractivity contribution is 5.95. The van der Waals surface area contributed by atoms with Crippen molar-refractivity contribution >= 4 is 23.7 Å². The second kappa shape index (κ2) is 15.7. The van der Waals surface area contributed by atoms with Crippen molar-refractivity contribution in [3.63, 3.8) is 0 Å². The molecule has 0 unspecified atom stereocenters. The van der Waals surface area contributed by atoms with Crippen LogP contribution >= 0.6 is 0 Å². The first-order valence-corrected chi connectivity index (χ1v) is 12.6. The van der Waals surface area contributed by atoms with E-state index in [2.05, 4.69) is 33.1 Å². The first kappa shape index (κ1) is 29.9. The summed E-state index contributed by atoms with van der Waals surface area (Å²) in [7, 11) is 0. The van der Waals surface area contributed by atoms with E-state index in [1.165, 1.54) is 5.56 Å². The van der Waals surface area contributed by atoms with Crippen LogP contribution in [0.1, 0.15) is 71.8 Å². The van der Waals surface area contributed by atoms with Gasteiger partial charge in [0.1, 0.15) is 11.6 Å². The van der Waals surface area contributed by atoms with Gasteiger partial charge in [-0.05, 0) is 50.5 Å². The summed E-state index contributed by atoms with van der Waals surface area (Å²) >= 11 is 0. The summed E-state index contributed by atoms with van der Waals surface area (Å²) in [6.45, 7) is 8.13. The average molecular weight is 489 g/mol. The van der Waals surface area contributed by atoms with Gasteiger partial charge in [0.25, 0.3) is 0 Å².